The molecule has 0 aliphatic carbocycles. The van der Waals surface area contributed by atoms with Gasteiger partial charge in [0.05, 0.1) is 0 Å². The summed E-state index contributed by atoms with van der Waals surface area (Å²) in [5.74, 6) is 0.671. The van der Waals surface area contributed by atoms with Gasteiger partial charge in [0.2, 0.25) is 0 Å². The van der Waals surface area contributed by atoms with Gasteiger partial charge in [0.25, 0.3) is 0 Å². The van der Waals surface area contributed by atoms with E-state index in [2.05, 4.69) is 33.9 Å². The topological polar surface area (TPSA) is 12.9 Å². The molecule has 0 bridgehead atoms. The van der Waals surface area contributed by atoms with Crippen molar-refractivity contribution in [1.29, 1.82) is 0 Å². The number of halogens is 1. The Bertz CT molecular complexity index is 198. The molecule has 11 heavy (non-hydrogen) atoms. The number of alkyl halides is 1. The molecule has 0 radical (unpaired) electrons. The predicted molar refractivity (Wildman–Crippen MR) is 50.9 cm³/mol. The fourth-order valence-electron chi connectivity index (χ4n) is 0.930. The lowest BCUT2D eigenvalue weighted by Crippen LogP contribution is -2.01. The maximum atomic E-state index is 4.25. The zero-order valence-electron chi connectivity index (χ0n) is 6.63. The van der Waals surface area contributed by atoms with Crippen molar-refractivity contribution in [3.63, 3.8) is 0 Å². The first-order chi connectivity index (χ1) is 5.33. The number of hydrogen-bond acceptors (Lipinski definition) is 1. The van der Waals surface area contributed by atoms with Crippen molar-refractivity contribution in [2.75, 3.05) is 5.33 Å². The Morgan fingerprint density at radius 2 is 2.36 bits per heavy atom. The van der Waals surface area contributed by atoms with Gasteiger partial charge in [-0.2, -0.15) is 0 Å². The Kier molecular flexibility index (Phi) is 3.57. The molecule has 0 aromatic carbocycles. The van der Waals surface area contributed by atoms with Crippen molar-refractivity contribution in [3.8, 4) is 0 Å². The second-order valence-corrected chi connectivity index (χ2v) is 3.43. The summed E-state index contributed by atoms with van der Waals surface area (Å²) in [5, 5.41) is 1.05. The molecule has 0 aliphatic rings. The molecule has 0 fully saturated rings. The molecular formula is C9H12BrN. The summed E-state index contributed by atoms with van der Waals surface area (Å²) < 4.78 is 0. The Balaban J connectivity index is 2.51. The van der Waals surface area contributed by atoms with Gasteiger partial charge >= 0.3 is 0 Å². The average Bonchev–Trinajstić information content (AvgIpc) is 2.06. The largest absolute Gasteiger partial charge is 0.261 e. The molecule has 1 rings (SSSR count). The minimum Gasteiger partial charge on any atom is -0.261 e. The Labute approximate surface area is 76.0 Å². The maximum Gasteiger partial charge on any atom is 0.0406 e. The average molecular weight is 214 g/mol. The summed E-state index contributed by atoms with van der Waals surface area (Å²) >= 11 is 3.44. The van der Waals surface area contributed by atoms with Crippen LogP contribution < -0.4 is 0 Å². The monoisotopic (exact) mass is 213 g/mol. The number of aromatic nitrogens is 1. The van der Waals surface area contributed by atoms with E-state index < -0.39 is 0 Å². The first-order valence-corrected chi connectivity index (χ1v) is 4.91. The maximum absolute atomic E-state index is 4.25. The Morgan fingerprint density at radius 3 is 2.91 bits per heavy atom. The van der Waals surface area contributed by atoms with Crippen LogP contribution in [0.5, 0.6) is 0 Å². The molecule has 0 spiro atoms. The predicted octanol–water partition coefficient (Wildman–Crippen LogP) is 2.66. The van der Waals surface area contributed by atoms with E-state index in [4.69, 9.17) is 0 Å². The van der Waals surface area contributed by atoms with Gasteiger partial charge in [-0.15, -0.1) is 0 Å². The highest BCUT2D eigenvalue weighted by atomic mass is 79.9. The highest BCUT2D eigenvalue weighted by molar-refractivity contribution is 9.09. The van der Waals surface area contributed by atoms with Crippen LogP contribution in [0.4, 0.5) is 0 Å². The van der Waals surface area contributed by atoms with Crippen LogP contribution in [-0.4, -0.2) is 10.3 Å². The van der Waals surface area contributed by atoms with E-state index in [1.54, 1.807) is 0 Å². The molecule has 60 valence electrons. The fourth-order valence-corrected chi connectivity index (χ4v) is 1.16. The van der Waals surface area contributed by atoms with Gasteiger partial charge < -0.3 is 0 Å². The fraction of sp³-hybridized carbons (Fsp3) is 0.444. The van der Waals surface area contributed by atoms with E-state index in [9.17, 15) is 0 Å². The van der Waals surface area contributed by atoms with Gasteiger partial charge in [-0.25, -0.2) is 0 Å². The van der Waals surface area contributed by atoms with Gasteiger partial charge in [0.15, 0.2) is 0 Å². The van der Waals surface area contributed by atoms with E-state index >= 15 is 0 Å². The summed E-state index contributed by atoms with van der Waals surface area (Å²) in [6.07, 6.45) is 2.91. The summed E-state index contributed by atoms with van der Waals surface area (Å²) in [6, 6.07) is 6.05. The van der Waals surface area contributed by atoms with Gasteiger partial charge in [0, 0.05) is 17.2 Å². The summed E-state index contributed by atoms with van der Waals surface area (Å²) in [6.45, 7) is 2.21. The lowest BCUT2D eigenvalue weighted by atomic mass is 10.1. The number of hydrogen-bond donors (Lipinski definition) is 0. The van der Waals surface area contributed by atoms with Gasteiger partial charge in [-0.1, -0.05) is 28.9 Å². The van der Waals surface area contributed by atoms with Crippen LogP contribution in [0.2, 0.25) is 0 Å². The van der Waals surface area contributed by atoms with Crippen LogP contribution in [0.3, 0.4) is 0 Å². The molecule has 0 aliphatic heterocycles. The Morgan fingerprint density at radius 1 is 1.55 bits per heavy atom. The third-order valence-corrected chi connectivity index (χ3v) is 2.65. The van der Waals surface area contributed by atoms with E-state index in [1.165, 1.54) is 5.69 Å². The van der Waals surface area contributed by atoms with E-state index in [1.807, 2.05) is 18.3 Å². The standard InChI is InChI=1S/C9H12BrN/c1-8(7-10)6-9-4-2-3-5-11-9/h2-5,8H,6-7H2,1H3. The van der Waals surface area contributed by atoms with Crippen LogP contribution in [0, 0.1) is 5.92 Å². The van der Waals surface area contributed by atoms with Crippen LogP contribution in [0.25, 0.3) is 0 Å². The van der Waals surface area contributed by atoms with Crippen LogP contribution in [-0.2, 0) is 6.42 Å². The normalized spacial score (nSPS) is 12.9. The third kappa shape index (κ3) is 3.02. The number of pyridine rings is 1. The van der Waals surface area contributed by atoms with E-state index in [0.29, 0.717) is 5.92 Å². The zero-order valence-corrected chi connectivity index (χ0v) is 8.21. The highest BCUT2D eigenvalue weighted by Gasteiger charge is 2.00. The van der Waals surface area contributed by atoms with Crippen molar-refractivity contribution < 1.29 is 0 Å². The molecule has 1 unspecified atom stereocenters. The number of rotatable bonds is 3. The van der Waals surface area contributed by atoms with Crippen molar-refractivity contribution >= 4 is 15.9 Å². The van der Waals surface area contributed by atoms with Gasteiger partial charge in [-0.05, 0) is 24.5 Å². The quantitative estimate of drug-likeness (QED) is 0.705. The van der Waals surface area contributed by atoms with Crippen LogP contribution in [0.15, 0.2) is 24.4 Å². The SMILES string of the molecule is CC(CBr)Cc1ccccn1. The molecule has 1 aromatic rings. The second kappa shape index (κ2) is 4.50. The Hall–Kier alpha value is -0.370. The third-order valence-electron chi connectivity index (χ3n) is 1.55. The second-order valence-electron chi connectivity index (χ2n) is 2.78. The molecule has 1 heterocycles. The zero-order chi connectivity index (χ0) is 8.10. The van der Waals surface area contributed by atoms with E-state index in [0.717, 1.165) is 11.8 Å². The molecule has 0 saturated heterocycles. The lowest BCUT2D eigenvalue weighted by molar-refractivity contribution is 0.650. The first-order valence-electron chi connectivity index (χ1n) is 3.79. The van der Waals surface area contributed by atoms with Crippen LogP contribution in [0.1, 0.15) is 12.6 Å². The summed E-state index contributed by atoms with van der Waals surface area (Å²) in [7, 11) is 0. The first kappa shape index (κ1) is 8.72. The van der Waals surface area contributed by atoms with Crippen LogP contribution >= 0.6 is 15.9 Å². The molecule has 1 atom stereocenters. The molecule has 0 N–H and O–H groups in total. The summed E-state index contributed by atoms with van der Waals surface area (Å²) in [5.41, 5.74) is 1.18. The van der Waals surface area contributed by atoms with Crippen molar-refractivity contribution in [1.82, 2.24) is 4.98 Å². The van der Waals surface area contributed by atoms with Crippen molar-refractivity contribution in [2.45, 2.75) is 13.3 Å². The minimum atomic E-state index is 0.671. The van der Waals surface area contributed by atoms with Crippen molar-refractivity contribution in [3.05, 3.63) is 30.1 Å². The number of nitrogens with zero attached hydrogens (tertiary/aromatic N) is 1. The minimum absolute atomic E-state index is 0.671. The van der Waals surface area contributed by atoms with Crippen molar-refractivity contribution in [2.24, 2.45) is 5.92 Å². The smallest absolute Gasteiger partial charge is 0.0406 e. The molecule has 2 heteroatoms. The molecular weight excluding hydrogens is 202 g/mol. The molecule has 0 saturated carbocycles. The lowest BCUT2D eigenvalue weighted by Gasteiger charge is -2.04. The van der Waals surface area contributed by atoms with Gasteiger partial charge in [-0.3, -0.25) is 4.98 Å². The molecule has 1 aromatic heterocycles. The molecule has 0 amide bonds. The van der Waals surface area contributed by atoms with Gasteiger partial charge in [0.1, 0.15) is 0 Å². The molecule has 1 nitrogen and oxygen atoms in total. The highest BCUT2D eigenvalue weighted by Crippen LogP contribution is 2.07. The van der Waals surface area contributed by atoms with E-state index in [-0.39, 0.29) is 0 Å². The summed E-state index contributed by atoms with van der Waals surface area (Å²) in [4.78, 5) is 4.25.